The van der Waals surface area contributed by atoms with Crippen LogP contribution in [0.3, 0.4) is 0 Å². The Morgan fingerprint density at radius 3 is 2.09 bits per heavy atom. The fraction of sp³-hybridized carbons (Fsp3) is 0.875. The van der Waals surface area contributed by atoms with Crippen LogP contribution in [0.4, 0.5) is 0 Å². The first-order valence-electron chi connectivity index (χ1n) is 3.62. The molecule has 0 saturated heterocycles. The third kappa shape index (κ3) is 4.79. The Kier molecular flexibility index (Phi) is 3.52. The van der Waals surface area contributed by atoms with Gasteiger partial charge in [0.15, 0.2) is 6.10 Å². The van der Waals surface area contributed by atoms with E-state index in [1.54, 1.807) is 6.92 Å². The van der Waals surface area contributed by atoms with Gasteiger partial charge in [-0.25, -0.2) is 4.79 Å². The van der Waals surface area contributed by atoms with Crippen LogP contribution in [0.25, 0.3) is 0 Å². The maximum Gasteiger partial charge on any atom is 0.334 e. The zero-order chi connectivity index (χ0) is 9.07. The van der Waals surface area contributed by atoms with E-state index in [0.29, 0.717) is 0 Å². The van der Waals surface area contributed by atoms with Gasteiger partial charge in [0.05, 0.1) is 12.7 Å². The number of hydrogen-bond acceptors (Lipinski definition) is 3. The number of ether oxygens (including phenoxy) is 2. The lowest BCUT2D eigenvalue weighted by atomic mass is 10.2. The molecule has 0 N–H and O–H groups in total. The third-order valence-corrected chi connectivity index (χ3v) is 1.06. The van der Waals surface area contributed by atoms with Crippen molar-refractivity contribution in [2.75, 3.05) is 7.11 Å². The van der Waals surface area contributed by atoms with Gasteiger partial charge in [0, 0.05) is 0 Å². The van der Waals surface area contributed by atoms with Gasteiger partial charge in [-0.3, -0.25) is 0 Å². The first-order chi connectivity index (χ1) is 4.87. The number of rotatable bonds is 2. The second kappa shape index (κ2) is 3.72. The molecular weight excluding hydrogens is 144 g/mol. The molecule has 0 aromatic rings. The minimum Gasteiger partial charge on any atom is -0.467 e. The van der Waals surface area contributed by atoms with E-state index in [0.717, 1.165) is 0 Å². The molecule has 3 heteroatoms. The molecule has 1 atom stereocenters. The van der Waals surface area contributed by atoms with Crippen molar-refractivity contribution in [2.45, 2.75) is 39.4 Å². The molecule has 0 unspecified atom stereocenters. The topological polar surface area (TPSA) is 35.5 Å². The second-order valence-electron chi connectivity index (χ2n) is 3.40. The quantitative estimate of drug-likeness (QED) is 0.572. The summed E-state index contributed by atoms with van der Waals surface area (Å²) in [7, 11) is 1.35. The van der Waals surface area contributed by atoms with Crippen molar-refractivity contribution in [1.82, 2.24) is 0 Å². The highest BCUT2D eigenvalue weighted by Crippen LogP contribution is 2.10. The molecule has 0 fully saturated rings. The minimum absolute atomic E-state index is 0.298. The van der Waals surface area contributed by atoms with Gasteiger partial charge in [-0.05, 0) is 27.7 Å². The molecule has 0 rings (SSSR count). The van der Waals surface area contributed by atoms with Crippen LogP contribution in [-0.2, 0) is 14.3 Å². The first-order valence-corrected chi connectivity index (χ1v) is 3.62. The third-order valence-electron chi connectivity index (χ3n) is 1.06. The average Bonchev–Trinajstić information content (AvgIpc) is 1.82. The van der Waals surface area contributed by atoms with Crippen LogP contribution in [0.15, 0.2) is 0 Å². The van der Waals surface area contributed by atoms with Gasteiger partial charge in [-0.15, -0.1) is 0 Å². The molecule has 0 spiro atoms. The normalized spacial score (nSPS) is 14.3. The molecule has 0 aliphatic carbocycles. The van der Waals surface area contributed by atoms with Crippen molar-refractivity contribution in [3.63, 3.8) is 0 Å². The lowest BCUT2D eigenvalue weighted by Crippen LogP contribution is -2.31. The van der Waals surface area contributed by atoms with Gasteiger partial charge in [-0.1, -0.05) is 0 Å². The fourth-order valence-electron chi connectivity index (χ4n) is 0.744. The van der Waals surface area contributed by atoms with Gasteiger partial charge < -0.3 is 9.47 Å². The van der Waals surface area contributed by atoms with Crippen molar-refractivity contribution >= 4 is 5.97 Å². The summed E-state index contributed by atoms with van der Waals surface area (Å²) in [6.45, 7) is 7.36. The number of esters is 1. The summed E-state index contributed by atoms with van der Waals surface area (Å²) in [6, 6.07) is 0. The Morgan fingerprint density at radius 1 is 1.36 bits per heavy atom. The zero-order valence-corrected chi connectivity index (χ0v) is 7.80. The summed E-state index contributed by atoms with van der Waals surface area (Å²) in [5.74, 6) is -0.333. The predicted molar refractivity (Wildman–Crippen MR) is 42.3 cm³/mol. The average molecular weight is 160 g/mol. The van der Waals surface area contributed by atoms with Crippen molar-refractivity contribution in [1.29, 1.82) is 0 Å². The molecule has 0 aliphatic heterocycles. The van der Waals surface area contributed by atoms with Crippen LogP contribution in [-0.4, -0.2) is 24.8 Å². The van der Waals surface area contributed by atoms with E-state index in [1.807, 2.05) is 20.8 Å². The Labute approximate surface area is 67.7 Å². The molecule has 0 heterocycles. The molecule has 0 aliphatic rings. The van der Waals surface area contributed by atoms with Crippen molar-refractivity contribution in [2.24, 2.45) is 0 Å². The highest BCUT2D eigenvalue weighted by atomic mass is 16.6. The van der Waals surface area contributed by atoms with Gasteiger partial charge in [-0.2, -0.15) is 0 Å². The Morgan fingerprint density at radius 2 is 1.82 bits per heavy atom. The van der Waals surface area contributed by atoms with Crippen LogP contribution in [0.5, 0.6) is 0 Å². The van der Waals surface area contributed by atoms with E-state index in [-0.39, 0.29) is 11.6 Å². The second-order valence-corrected chi connectivity index (χ2v) is 3.40. The van der Waals surface area contributed by atoms with Crippen molar-refractivity contribution in [3.8, 4) is 0 Å². The monoisotopic (exact) mass is 160 g/mol. The Balaban J connectivity index is 3.87. The van der Waals surface area contributed by atoms with E-state index in [1.165, 1.54) is 7.11 Å². The molecule has 3 nitrogen and oxygen atoms in total. The molecule has 0 saturated carbocycles. The summed E-state index contributed by atoms with van der Waals surface area (Å²) >= 11 is 0. The molecule has 66 valence electrons. The minimum atomic E-state index is -0.486. The van der Waals surface area contributed by atoms with E-state index >= 15 is 0 Å². The van der Waals surface area contributed by atoms with Gasteiger partial charge in [0.25, 0.3) is 0 Å². The van der Waals surface area contributed by atoms with E-state index in [2.05, 4.69) is 4.74 Å². The van der Waals surface area contributed by atoms with E-state index in [9.17, 15) is 4.79 Å². The van der Waals surface area contributed by atoms with Crippen LogP contribution >= 0.6 is 0 Å². The highest BCUT2D eigenvalue weighted by Gasteiger charge is 2.20. The fourth-order valence-corrected chi connectivity index (χ4v) is 0.744. The first kappa shape index (κ1) is 10.4. The summed E-state index contributed by atoms with van der Waals surface area (Å²) < 4.78 is 9.81. The maximum atomic E-state index is 10.8. The van der Waals surface area contributed by atoms with Crippen LogP contribution in [0, 0.1) is 0 Å². The van der Waals surface area contributed by atoms with Gasteiger partial charge in [0.2, 0.25) is 0 Å². The van der Waals surface area contributed by atoms with E-state index < -0.39 is 6.10 Å². The highest BCUT2D eigenvalue weighted by molar-refractivity contribution is 5.73. The molecule has 11 heavy (non-hydrogen) atoms. The molecule has 0 aromatic carbocycles. The summed E-state index contributed by atoms with van der Waals surface area (Å²) in [6.07, 6.45) is -0.486. The van der Waals surface area contributed by atoms with Gasteiger partial charge in [0.1, 0.15) is 0 Å². The zero-order valence-electron chi connectivity index (χ0n) is 7.80. The van der Waals surface area contributed by atoms with Crippen molar-refractivity contribution in [3.05, 3.63) is 0 Å². The largest absolute Gasteiger partial charge is 0.467 e. The molecule has 0 aromatic heterocycles. The number of carbonyl (C=O) groups excluding carboxylic acids is 1. The van der Waals surface area contributed by atoms with Gasteiger partial charge >= 0.3 is 5.97 Å². The number of hydrogen-bond donors (Lipinski definition) is 0. The van der Waals surface area contributed by atoms with Crippen LogP contribution in [0.1, 0.15) is 27.7 Å². The molecule has 0 amide bonds. The lowest BCUT2D eigenvalue weighted by molar-refractivity contribution is -0.161. The van der Waals surface area contributed by atoms with Crippen molar-refractivity contribution < 1.29 is 14.3 Å². The smallest absolute Gasteiger partial charge is 0.334 e. The summed E-state index contributed by atoms with van der Waals surface area (Å²) in [5, 5.41) is 0. The summed E-state index contributed by atoms with van der Waals surface area (Å²) in [5.41, 5.74) is -0.298. The Hall–Kier alpha value is -0.570. The van der Waals surface area contributed by atoms with Crippen LogP contribution < -0.4 is 0 Å². The SMILES string of the molecule is COC(=O)[C@@H](C)OC(C)(C)C. The molecular formula is C8H16O3. The molecule has 0 radical (unpaired) electrons. The number of carbonyl (C=O) groups is 1. The lowest BCUT2D eigenvalue weighted by Gasteiger charge is -2.23. The number of methoxy groups -OCH3 is 1. The standard InChI is InChI=1S/C8H16O3/c1-6(7(9)10-5)11-8(2,3)4/h6H,1-5H3/t6-/m1/s1. The van der Waals surface area contributed by atoms with E-state index in [4.69, 9.17) is 4.74 Å². The maximum absolute atomic E-state index is 10.8. The molecule has 0 bridgehead atoms. The van der Waals surface area contributed by atoms with Crippen LogP contribution in [0.2, 0.25) is 0 Å². The Bertz CT molecular complexity index is 135. The summed E-state index contributed by atoms with van der Waals surface area (Å²) in [4.78, 5) is 10.8. The predicted octanol–water partition coefficient (Wildman–Crippen LogP) is 1.36.